The maximum atomic E-state index is 13.0. The van der Waals surface area contributed by atoms with Crippen LogP contribution in [0.15, 0.2) is 116 Å². The van der Waals surface area contributed by atoms with Gasteiger partial charge in [0.15, 0.2) is 0 Å². The van der Waals surface area contributed by atoms with Crippen LogP contribution in [0, 0.1) is 11.8 Å². The number of allylic oxidation sites excluding steroid dienone is 1. The highest BCUT2D eigenvalue weighted by molar-refractivity contribution is 5.83. The predicted molar refractivity (Wildman–Crippen MR) is 187 cm³/mol. The van der Waals surface area contributed by atoms with Crippen LogP contribution in [0.4, 0.5) is 0 Å². The van der Waals surface area contributed by atoms with E-state index >= 15 is 0 Å². The van der Waals surface area contributed by atoms with Crippen molar-refractivity contribution in [1.29, 1.82) is 0 Å². The van der Waals surface area contributed by atoms with E-state index in [-0.39, 0.29) is 24.6 Å². The third kappa shape index (κ3) is 9.87. The quantitative estimate of drug-likeness (QED) is 0.0415. The van der Waals surface area contributed by atoms with Crippen LogP contribution in [0.5, 0.6) is 0 Å². The van der Waals surface area contributed by atoms with E-state index in [2.05, 4.69) is 104 Å². The smallest absolute Gasteiger partial charge is 0.330 e. The molecule has 0 spiro atoms. The van der Waals surface area contributed by atoms with Crippen molar-refractivity contribution in [2.24, 2.45) is 11.8 Å². The van der Waals surface area contributed by atoms with Crippen LogP contribution in [0.2, 0.25) is 0 Å². The van der Waals surface area contributed by atoms with Gasteiger partial charge in [-0.1, -0.05) is 142 Å². The lowest BCUT2D eigenvalue weighted by molar-refractivity contribution is -0.136. The molecular formula is C42H52O4. The largest absolute Gasteiger partial charge is 0.458 e. The summed E-state index contributed by atoms with van der Waals surface area (Å²) in [5, 5.41) is 0. The zero-order valence-corrected chi connectivity index (χ0v) is 27.7. The molecule has 0 aromatic heterocycles. The first kappa shape index (κ1) is 35.1. The van der Waals surface area contributed by atoms with Crippen molar-refractivity contribution in [3.63, 3.8) is 0 Å². The molecule has 0 amide bonds. The van der Waals surface area contributed by atoms with Crippen molar-refractivity contribution >= 4 is 11.8 Å². The molecule has 3 atom stereocenters. The first-order valence-corrected chi connectivity index (χ1v) is 17.4. The maximum Gasteiger partial charge on any atom is 0.330 e. The fourth-order valence-electron chi connectivity index (χ4n) is 6.97. The molecule has 1 unspecified atom stereocenters. The SMILES string of the molecule is C=CCOC(=O)C=CCCCC[C@H]1C(=O)CC[C@@H]1CCC(CCCCC)OC(c1ccccc1)(c1ccccc1)c1ccccc1. The van der Waals surface area contributed by atoms with Crippen LogP contribution >= 0.6 is 0 Å². The molecule has 0 aliphatic heterocycles. The number of ketones is 1. The Morgan fingerprint density at radius 1 is 0.848 bits per heavy atom. The molecule has 1 saturated carbocycles. The van der Waals surface area contributed by atoms with Gasteiger partial charge in [0, 0.05) is 18.4 Å². The van der Waals surface area contributed by atoms with E-state index in [9.17, 15) is 9.59 Å². The van der Waals surface area contributed by atoms with Crippen molar-refractivity contribution in [3.05, 3.63) is 132 Å². The normalized spacial score (nSPS) is 17.3. The van der Waals surface area contributed by atoms with Crippen molar-refractivity contribution < 1.29 is 19.1 Å². The summed E-state index contributed by atoms with van der Waals surface area (Å²) in [6.07, 6.45) is 16.7. The second-order valence-corrected chi connectivity index (χ2v) is 12.6. The molecule has 1 fully saturated rings. The van der Waals surface area contributed by atoms with Crippen molar-refractivity contribution in [3.8, 4) is 0 Å². The maximum absolute atomic E-state index is 13.0. The predicted octanol–water partition coefficient (Wildman–Crippen LogP) is 10.2. The van der Waals surface area contributed by atoms with Crippen LogP contribution in [0.25, 0.3) is 0 Å². The minimum Gasteiger partial charge on any atom is -0.458 e. The summed E-state index contributed by atoms with van der Waals surface area (Å²) in [5.74, 6) is 0.607. The third-order valence-electron chi connectivity index (χ3n) is 9.35. The van der Waals surface area contributed by atoms with E-state index in [4.69, 9.17) is 9.47 Å². The van der Waals surface area contributed by atoms with Gasteiger partial charge in [-0.2, -0.15) is 0 Å². The van der Waals surface area contributed by atoms with Crippen molar-refractivity contribution in [1.82, 2.24) is 0 Å². The van der Waals surface area contributed by atoms with Gasteiger partial charge in [-0.25, -0.2) is 4.79 Å². The van der Waals surface area contributed by atoms with E-state index in [1.54, 1.807) is 6.08 Å². The van der Waals surface area contributed by atoms with Gasteiger partial charge in [0.05, 0.1) is 6.10 Å². The van der Waals surface area contributed by atoms with Crippen LogP contribution in [0.3, 0.4) is 0 Å². The summed E-state index contributed by atoms with van der Waals surface area (Å²) in [5.41, 5.74) is 2.65. The second kappa shape index (κ2) is 19.0. The topological polar surface area (TPSA) is 52.6 Å². The fourth-order valence-corrected chi connectivity index (χ4v) is 6.97. The van der Waals surface area contributed by atoms with Gasteiger partial charge in [0.1, 0.15) is 18.0 Å². The van der Waals surface area contributed by atoms with Gasteiger partial charge in [-0.15, -0.1) is 0 Å². The minimum absolute atomic E-state index is 0.0505. The van der Waals surface area contributed by atoms with Gasteiger partial charge >= 0.3 is 5.97 Å². The summed E-state index contributed by atoms with van der Waals surface area (Å²) < 4.78 is 12.5. The summed E-state index contributed by atoms with van der Waals surface area (Å²) in [7, 11) is 0. The van der Waals surface area contributed by atoms with Gasteiger partial charge in [0.25, 0.3) is 0 Å². The minimum atomic E-state index is -0.739. The monoisotopic (exact) mass is 620 g/mol. The average molecular weight is 621 g/mol. The molecule has 0 bridgehead atoms. The summed E-state index contributed by atoms with van der Waals surface area (Å²) in [6.45, 7) is 6.03. The van der Waals surface area contributed by atoms with E-state index in [0.29, 0.717) is 18.1 Å². The van der Waals surface area contributed by atoms with Gasteiger partial charge in [-0.05, 0) is 67.6 Å². The molecule has 3 aromatic rings. The fraction of sp³-hybridized carbons (Fsp3) is 0.429. The Morgan fingerprint density at radius 2 is 1.46 bits per heavy atom. The zero-order valence-electron chi connectivity index (χ0n) is 27.7. The number of carbonyl (C=O) groups is 2. The van der Waals surface area contributed by atoms with Gasteiger partial charge in [0.2, 0.25) is 0 Å². The van der Waals surface area contributed by atoms with E-state index in [1.807, 2.05) is 6.08 Å². The Labute approximate surface area is 276 Å². The van der Waals surface area contributed by atoms with Crippen LogP contribution < -0.4 is 0 Å². The lowest BCUT2D eigenvalue weighted by atomic mass is 9.79. The van der Waals surface area contributed by atoms with Gasteiger partial charge in [-0.3, -0.25) is 4.79 Å². The molecule has 1 aliphatic rings. The molecule has 0 saturated heterocycles. The molecule has 244 valence electrons. The Hall–Kier alpha value is -3.76. The first-order valence-electron chi connectivity index (χ1n) is 17.4. The highest BCUT2D eigenvalue weighted by atomic mass is 16.5. The van der Waals surface area contributed by atoms with Crippen molar-refractivity contribution in [2.75, 3.05) is 6.61 Å². The molecular weight excluding hydrogens is 568 g/mol. The number of hydrogen-bond donors (Lipinski definition) is 0. The molecule has 4 nitrogen and oxygen atoms in total. The van der Waals surface area contributed by atoms with Gasteiger partial charge < -0.3 is 9.47 Å². The number of rotatable bonds is 20. The molecule has 1 aliphatic carbocycles. The number of hydrogen-bond acceptors (Lipinski definition) is 4. The lowest BCUT2D eigenvalue weighted by Crippen LogP contribution is -2.37. The Kier molecular flexibility index (Phi) is 14.5. The van der Waals surface area contributed by atoms with E-state index in [1.165, 1.54) is 12.5 Å². The van der Waals surface area contributed by atoms with E-state index < -0.39 is 5.60 Å². The molecule has 0 radical (unpaired) electrons. The summed E-state index contributed by atoms with van der Waals surface area (Å²) >= 11 is 0. The second-order valence-electron chi connectivity index (χ2n) is 12.6. The van der Waals surface area contributed by atoms with Crippen molar-refractivity contribution in [2.45, 2.75) is 95.7 Å². The zero-order chi connectivity index (χ0) is 32.5. The van der Waals surface area contributed by atoms with Crippen LogP contribution in [-0.2, 0) is 24.7 Å². The molecule has 3 aromatic carbocycles. The molecule has 4 rings (SSSR count). The molecule has 0 heterocycles. The summed E-state index contributed by atoms with van der Waals surface area (Å²) in [4.78, 5) is 24.7. The Balaban J connectivity index is 1.49. The third-order valence-corrected chi connectivity index (χ3v) is 9.35. The number of esters is 1. The average Bonchev–Trinajstić information content (AvgIpc) is 3.46. The Morgan fingerprint density at radius 3 is 2.02 bits per heavy atom. The van der Waals surface area contributed by atoms with Crippen LogP contribution in [-0.4, -0.2) is 24.5 Å². The Bertz CT molecular complexity index is 1250. The van der Waals surface area contributed by atoms with Crippen LogP contribution in [0.1, 0.15) is 101 Å². The van der Waals surface area contributed by atoms with E-state index in [0.717, 1.165) is 80.9 Å². The molecule has 0 N–H and O–H groups in total. The highest BCUT2D eigenvalue weighted by Gasteiger charge is 2.40. The number of unbranched alkanes of at least 4 members (excludes halogenated alkanes) is 4. The number of carbonyl (C=O) groups excluding carboxylic acids is 2. The standard InChI is InChI=1S/C42H52O4/c1-3-5-11-26-38(31-29-34-30-32-40(43)39(34)27-18-6-7-19-28-41(44)45-33-4-2)46-42(35-20-12-8-13-21-35,36-22-14-9-15-23-36)37-24-16-10-17-25-37/h4,8-10,12-17,19-25,28,34,38-39H,2-3,5-7,11,18,26-27,29-33H2,1H3/t34-,38?,39+/m0/s1. The number of ether oxygens (including phenoxy) is 2. The number of Topliss-reactive ketones (excluding diaryl/α,β-unsaturated/α-hetero) is 1. The molecule has 4 heteroatoms. The summed E-state index contributed by atoms with van der Waals surface area (Å²) in [6, 6.07) is 31.9. The highest BCUT2D eigenvalue weighted by Crippen LogP contribution is 2.43. The lowest BCUT2D eigenvalue weighted by Gasteiger charge is -2.39. The number of benzene rings is 3. The molecule has 46 heavy (non-hydrogen) atoms. The first-order chi connectivity index (χ1) is 22.6.